The molecule has 0 aromatic carbocycles. The molecule has 1 aromatic heterocycles. The monoisotopic (exact) mass is 270 g/mol. The Hall–Kier alpha value is -0.570. The highest BCUT2D eigenvalue weighted by Gasteiger charge is 2.11. The van der Waals surface area contributed by atoms with Gasteiger partial charge in [-0.2, -0.15) is 0 Å². The van der Waals surface area contributed by atoms with E-state index in [2.05, 4.69) is 46.6 Å². The fourth-order valence-electron chi connectivity index (χ4n) is 1.48. The van der Waals surface area contributed by atoms with E-state index >= 15 is 0 Å². The van der Waals surface area contributed by atoms with E-state index in [0.29, 0.717) is 5.92 Å². The summed E-state index contributed by atoms with van der Waals surface area (Å²) >= 11 is 3.55. The summed E-state index contributed by atoms with van der Waals surface area (Å²) in [6.07, 6.45) is 3.06. The highest BCUT2D eigenvalue weighted by Crippen LogP contribution is 2.23. The van der Waals surface area contributed by atoms with Gasteiger partial charge in [0.25, 0.3) is 0 Å². The Morgan fingerprint density at radius 2 is 2.20 bits per heavy atom. The van der Waals surface area contributed by atoms with E-state index in [0.717, 1.165) is 23.4 Å². The number of rotatable bonds is 5. The fraction of sp³-hybridized carbons (Fsp3) is 0.583. The zero-order valence-electron chi connectivity index (χ0n) is 9.70. The molecule has 0 amide bonds. The predicted octanol–water partition coefficient (Wildman–Crippen LogP) is 3.72. The van der Waals surface area contributed by atoms with Crippen molar-refractivity contribution in [3.05, 3.63) is 22.8 Å². The molecule has 0 aliphatic heterocycles. The van der Waals surface area contributed by atoms with Gasteiger partial charge >= 0.3 is 0 Å². The van der Waals surface area contributed by atoms with Gasteiger partial charge in [0.15, 0.2) is 0 Å². The first-order chi connectivity index (χ1) is 7.19. The summed E-state index contributed by atoms with van der Waals surface area (Å²) in [6, 6.07) is 3.99. The van der Waals surface area contributed by atoms with Crippen LogP contribution < -0.4 is 4.90 Å². The minimum absolute atomic E-state index is 0.707. The van der Waals surface area contributed by atoms with Gasteiger partial charge in [-0.15, -0.1) is 0 Å². The molecule has 0 N–H and O–H groups in total. The maximum absolute atomic E-state index is 4.42. The van der Waals surface area contributed by atoms with Crippen molar-refractivity contribution in [3.63, 3.8) is 0 Å². The molecular weight excluding hydrogens is 252 g/mol. The van der Waals surface area contributed by atoms with Gasteiger partial charge in [0.2, 0.25) is 0 Å². The second kappa shape index (κ2) is 6.11. The molecule has 1 atom stereocenters. The number of nitrogens with zero attached hydrogens (tertiary/aromatic N) is 2. The van der Waals surface area contributed by atoms with Crippen LogP contribution in [0.5, 0.6) is 0 Å². The quantitative estimate of drug-likeness (QED) is 0.811. The first kappa shape index (κ1) is 12.5. The second-order valence-corrected chi connectivity index (χ2v) is 4.72. The van der Waals surface area contributed by atoms with E-state index in [1.807, 2.05) is 18.3 Å². The molecule has 84 valence electrons. The molecule has 3 heteroatoms. The van der Waals surface area contributed by atoms with Gasteiger partial charge < -0.3 is 4.90 Å². The highest BCUT2D eigenvalue weighted by atomic mass is 79.9. The van der Waals surface area contributed by atoms with Crippen LogP contribution >= 0.6 is 15.9 Å². The van der Waals surface area contributed by atoms with Crippen LogP contribution in [0.25, 0.3) is 0 Å². The Morgan fingerprint density at radius 3 is 2.73 bits per heavy atom. The third-order valence-corrected chi connectivity index (χ3v) is 3.27. The van der Waals surface area contributed by atoms with Gasteiger partial charge in [0.1, 0.15) is 5.82 Å². The normalized spacial score (nSPS) is 12.5. The number of hydrogen-bond acceptors (Lipinski definition) is 2. The van der Waals surface area contributed by atoms with Crippen LogP contribution in [0.15, 0.2) is 22.8 Å². The van der Waals surface area contributed by atoms with E-state index in [1.54, 1.807) is 0 Å². The average Bonchev–Trinajstić information content (AvgIpc) is 2.26. The Bertz CT molecular complexity index is 301. The first-order valence-electron chi connectivity index (χ1n) is 5.54. The molecule has 0 aliphatic carbocycles. The molecule has 0 aliphatic rings. The molecule has 1 aromatic rings. The fourth-order valence-corrected chi connectivity index (χ4v) is 1.99. The molecule has 0 spiro atoms. The number of aromatic nitrogens is 1. The molecule has 0 saturated carbocycles. The molecule has 0 fully saturated rings. The van der Waals surface area contributed by atoms with E-state index in [-0.39, 0.29) is 0 Å². The lowest BCUT2D eigenvalue weighted by molar-refractivity contribution is 0.545. The Kier molecular flexibility index (Phi) is 5.09. The van der Waals surface area contributed by atoms with Crippen molar-refractivity contribution in [1.82, 2.24) is 4.98 Å². The second-order valence-electron chi connectivity index (χ2n) is 3.86. The molecule has 1 heterocycles. The molecular formula is C12H19BrN2. The highest BCUT2D eigenvalue weighted by molar-refractivity contribution is 9.10. The molecule has 0 saturated heterocycles. The van der Waals surface area contributed by atoms with Gasteiger partial charge in [-0.3, -0.25) is 0 Å². The van der Waals surface area contributed by atoms with Crippen LogP contribution in [0.4, 0.5) is 5.82 Å². The molecule has 0 radical (unpaired) electrons. The topological polar surface area (TPSA) is 16.1 Å². The van der Waals surface area contributed by atoms with Crippen LogP contribution in [0, 0.1) is 5.92 Å². The van der Waals surface area contributed by atoms with Crippen LogP contribution in [-0.2, 0) is 0 Å². The lowest BCUT2D eigenvalue weighted by Gasteiger charge is -2.25. The minimum Gasteiger partial charge on any atom is -0.356 e. The number of pyridine rings is 1. The van der Waals surface area contributed by atoms with Crippen LogP contribution in [0.1, 0.15) is 27.2 Å². The standard InChI is InChI=1S/C12H19BrN2/c1-4-10(3)9-15(5-2)12-11(13)7-6-8-14-12/h6-8,10H,4-5,9H2,1-3H3. The summed E-state index contributed by atoms with van der Waals surface area (Å²) in [5.74, 6) is 1.76. The summed E-state index contributed by atoms with van der Waals surface area (Å²) in [4.78, 5) is 6.73. The Labute approximate surface area is 101 Å². The number of hydrogen-bond donors (Lipinski definition) is 0. The van der Waals surface area contributed by atoms with Crippen molar-refractivity contribution in [2.75, 3.05) is 18.0 Å². The molecule has 2 nitrogen and oxygen atoms in total. The maximum atomic E-state index is 4.42. The van der Waals surface area contributed by atoms with Crippen molar-refractivity contribution in [2.45, 2.75) is 27.2 Å². The smallest absolute Gasteiger partial charge is 0.142 e. The van der Waals surface area contributed by atoms with E-state index in [9.17, 15) is 0 Å². The Balaban J connectivity index is 2.78. The van der Waals surface area contributed by atoms with Crippen molar-refractivity contribution in [2.24, 2.45) is 5.92 Å². The molecule has 0 bridgehead atoms. The summed E-state index contributed by atoms with van der Waals surface area (Å²) in [5.41, 5.74) is 0. The lowest BCUT2D eigenvalue weighted by Crippen LogP contribution is -2.29. The number of halogens is 1. The van der Waals surface area contributed by atoms with Crippen molar-refractivity contribution < 1.29 is 0 Å². The van der Waals surface area contributed by atoms with Crippen LogP contribution in [-0.4, -0.2) is 18.1 Å². The summed E-state index contributed by atoms with van der Waals surface area (Å²) in [7, 11) is 0. The van der Waals surface area contributed by atoms with Crippen LogP contribution in [0.2, 0.25) is 0 Å². The van der Waals surface area contributed by atoms with E-state index in [1.165, 1.54) is 6.42 Å². The number of anilines is 1. The summed E-state index contributed by atoms with van der Waals surface area (Å²) in [6.45, 7) is 8.75. The van der Waals surface area contributed by atoms with Crippen molar-refractivity contribution in [1.29, 1.82) is 0 Å². The molecule has 15 heavy (non-hydrogen) atoms. The summed E-state index contributed by atoms with van der Waals surface area (Å²) in [5, 5.41) is 0. The zero-order chi connectivity index (χ0) is 11.3. The third kappa shape index (κ3) is 3.49. The van der Waals surface area contributed by atoms with Gasteiger partial charge in [0.05, 0.1) is 4.47 Å². The van der Waals surface area contributed by atoms with Gasteiger partial charge in [-0.25, -0.2) is 4.98 Å². The molecule has 1 unspecified atom stereocenters. The molecule has 1 rings (SSSR count). The van der Waals surface area contributed by atoms with Gasteiger partial charge in [-0.05, 0) is 40.9 Å². The van der Waals surface area contributed by atoms with Crippen LogP contribution in [0.3, 0.4) is 0 Å². The lowest BCUT2D eigenvalue weighted by atomic mass is 10.1. The van der Waals surface area contributed by atoms with Gasteiger partial charge in [-0.1, -0.05) is 20.3 Å². The largest absolute Gasteiger partial charge is 0.356 e. The zero-order valence-corrected chi connectivity index (χ0v) is 11.3. The van der Waals surface area contributed by atoms with Gasteiger partial charge in [0, 0.05) is 19.3 Å². The SMILES string of the molecule is CCC(C)CN(CC)c1ncccc1Br. The predicted molar refractivity (Wildman–Crippen MR) is 69.3 cm³/mol. The van der Waals surface area contributed by atoms with E-state index < -0.39 is 0 Å². The third-order valence-electron chi connectivity index (χ3n) is 2.65. The Morgan fingerprint density at radius 1 is 1.47 bits per heavy atom. The van der Waals surface area contributed by atoms with E-state index in [4.69, 9.17) is 0 Å². The first-order valence-corrected chi connectivity index (χ1v) is 6.33. The van der Waals surface area contributed by atoms with Crippen molar-refractivity contribution in [3.8, 4) is 0 Å². The summed E-state index contributed by atoms with van der Waals surface area (Å²) < 4.78 is 1.08. The maximum Gasteiger partial charge on any atom is 0.142 e. The minimum atomic E-state index is 0.707. The average molecular weight is 271 g/mol. The van der Waals surface area contributed by atoms with Crippen molar-refractivity contribution >= 4 is 21.7 Å².